The Kier molecular flexibility index (Phi) is 11.5. The number of hydrogen-bond acceptors (Lipinski definition) is 8. The quantitative estimate of drug-likeness (QED) is 0.446. The van der Waals surface area contributed by atoms with Crippen LogP contribution >= 0.6 is 11.9 Å². The Bertz CT molecular complexity index is 1050. The van der Waals surface area contributed by atoms with Crippen molar-refractivity contribution in [3.05, 3.63) is 47.9 Å². The SMILES string of the molecule is CC.CSN(C)C1CCN(C2CCN(C(=O)c3ncnc(NCC4CCN(c5ccccc5)C4)c3C)CC2)CC1. The second-order valence-electron chi connectivity index (χ2n) is 11.0. The number of amides is 1. The van der Waals surface area contributed by atoms with Crippen LogP contribution < -0.4 is 10.2 Å². The molecule has 0 saturated carbocycles. The second-order valence-corrected chi connectivity index (χ2v) is 12.0. The Hall–Kier alpha value is -2.36. The van der Waals surface area contributed by atoms with E-state index < -0.39 is 0 Å². The molecule has 220 valence electrons. The molecule has 3 aliphatic heterocycles. The van der Waals surface area contributed by atoms with E-state index in [4.69, 9.17) is 0 Å². The summed E-state index contributed by atoms with van der Waals surface area (Å²) in [5.74, 6) is 1.38. The first kappa shape index (κ1) is 30.6. The van der Waals surface area contributed by atoms with Gasteiger partial charge in [-0.05, 0) is 83.5 Å². The minimum Gasteiger partial charge on any atom is -0.371 e. The number of benzene rings is 1. The third-order valence-corrected chi connectivity index (χ3v) is 9.70. The van der Waals surface area contributed by atoms with E-state index in [1.165, 1.54) is 37.9 Å². The van der Waals surface area contributed by atoms with Gasteiger partial charge in [-0.1, -0.05) is 44.0 Å². The molecule has 1 aromatic heterocycles. The number of piperidine rings is 2. The first-order valence-electron chi connectivity index (χ1n) is 15.2. The van der Waals surface area contributed by atoms with Crippen molar-refractivity contribution in [1.82, 2.24) is 24.1 Å². The van der Waals surface area contributed by atoms with Gasteiger partial charge in [0, 0.05) is 56.1 Å². The summed E-state index contributed by atoms with van der Waals surface area (Å²) in [6.07, 6.45) is 9.41. The van der Waals surface area contributed by atoms with Crippen molar-refractivity contribution < 1.29 is 4.79 Å². The molecule has 3 fully saturated rings. The molecule has 0 radical (unpaired) electrons. The van der Waals surface area contributed by atoms with Crippen LogP contribution in [0.4, 0.5) is 11.5 Å². The summed E-state index contributed by atoms with van der Waals surface area (Å²) in [6, 6.07) is 11.9. The van der Waals surface area contributed by atoms with Crippen molar-refractivity contribution in [3.63, 3.8) is 0 Å². The van der Waals surface area contributed by atoms with Crippen LogP contribution in [0.3, 0.4) is 0 Å². The first-order valence-corrected chi connectivity index (χ1v) is 16.4. The number of anilines is 2. The molecule has 1 aromatic carbocycles. The van der Waals surface area contributed by atoms with E-state index in [0.29, 0.717) is 23.7 Å². The van der Waals surface area contributed by atoms with E-state index in [0.717, 1.165) is 63.4 Å². The van der Waals surface area contributed by atoms with Crippen LogP contribution in [0.15, 0.2) is 36.7 Å². The summed E-state index contributed by atoms with van der Waals surface area (Å²) in [5, 5.41) is 3.53. The number of likely N-dealkylation sites (tertiary alicyclic amines) is 2. The van der Waals surface area contributed by atoms with Crippen LogP contribution in [0.5, 0.6) is 0 Å². The van der Waals surface area contributed by atoms with E-state index in [2.05, 4.69) is 73.0 Å². The maximum Gasteiger partial charge on any atom is 0.272 e. The Morgan fingerprint density at radius 1 is 1.00 bits per heavy atom. The van der Waals surface area contributed by atoms with Crippen LogP contribution in [-0.2, 0) is 0 Å². The Morgan fingerprint density at radius 3 is 2.38 bits per heavy atom. The normalized spacial score (nSPS) is 20.9. The Morgan fingerprint density at radius 2 is 1.70 bits per heavy atom. The standard InChI is InChI=1S/C29H43N7OS.C2H6/c1-22-27(29(37)35-17-12-26(13-18-35)34-15-10-24(11-16-34)33(2)38-3)31-21-32-28(22)30-19-23-9-14-36(20-23)25-7-5-4-6-8-25;1-2/h4-8,21,23-24,26H,9-20H2,1-3H3,(H,30,31,32);1-2H3. The monoisotopic (exact) mass is 567 g/mol. The number of rotatable bonds is 8. The second kappa shape index (κ2) is 15.0. The van der Waals surface area contributed by atoms with Gasteiger partial charge in [0.2, 0.25) is 0 Å². The van der Waals surface area contributed by atoms with Gasteiger partial charge in [-0.15, -0.1) is 0 Å². The summed E-state index contributed by atoms with van der Waals surface area (Å²) in [7, 11) is 2.21. The van der Waals surface area contributed by atoms with Gasteiger partial charge in [-0.3, -0.25) is 9.10 Å². The smallest absolute Gasteiger partial charge is 0.272 e. The average molecular weight is 568 g/mol. The molecule has 1 amide bonds. The molecule has 8 nitrogen and oxygen atoms in total. The molecule has 9 heteroatoms. The highest BCUT2D eigenvalue weighted by Crippen LogP contribution is 2.27. The summed E-state index contributed by atoms with van der Waals surface area (Å²) < 4.78 is 2.40. The Labute approximate surface area is 246 Å². The average Bonchev–Trinajstić information content (AvgIpc) is 3.51. The van der Waals surface area contributed by atoms with Crippen LogP contribution in [0, 0.1) is 12.8 Å². The topological polar surface area (TPSA) is 67.8 Å². The molecule has 2 aromatic rings. The van der Waals surface area contributed by atoms with Crippen molar-refractivity contribution in [2.45, 2.75) is 65.0 Å². The fourth-order valence-corrected chi connectivity index (χ4v) is 6.81. The molecular formula is C31H49N7OS. The minimum absolute atomic E-state index is 0.0443. The van der Waals surface area contributed by atoms with Crippen molar-refractivity contribution in [2.75, 3.05) is 69.3 Å². The number of carbonyl (C=O) groups is 1. The molecule has 40 heavy (non-hydrogen) atoms. The lowest BCUT2D eigenvalue weighted by atomic mass is 9.97. The molecule has 1 atom stereocenters. The van der Waals surface area contributed by atoms with Gasteiger partial charge in [0.15, 0.2) is 0 Å². The number of hydrogen-bond donors (Lipinski definition) is 1. The van der Waals surface area contributed by atoms with Crippen LogP contribution in [0.1, 0.15) is 62.0 Å². The molecular weight excluding hydrogens is 518 g/mol. The maximum atomic E-state index is 13.4. The van der Waals surface area contributed by atoms with Gasteiger partial charge in [-0.2, -0.15) is 0 Å². The van der Waals surface area contributed by atoms with Gasteiger partial charge in [0.25, 0.3) is 5.91 Å². The van der Waals surface area contributed by atoms with E-state index >= 15 is 0 Å². The highest BCUT2D eigenvalue weighted by molar-refractivity contribution is 7.96. The lowest BCUT2D eigenvalue weighted by Crippen LogP contribution is -2.50. The number of aromatic nitrogens is 2. The fourth-order valence-electron chi connectivity index (χ4n) is 6.31. The molecule has 3 saturated heterocycles. The van der Waals surface area contributed by atoms with Gasteiger partial charge < -0.3 is 20.0 Å². The minimum atomic E-state index is 0.0443. The van der Waals surface area contributed by atoms with Crippen molar-refractivity contribution in [2.24, 2.45) is 5.92 Å². The third-order valence-electron chi connectivity index (χ3n) is 8.82. The highest BCUT2D eigenvalue weighted by atomic mass is 32.2. The number of nitrogens with one attached hydrogen (secondary N) is 1. The van der Waals surface area contributed by atoms with Gasteiger partial charge in [0.05, 0.1) is 0 Å². The maximum absolute atomic E-state index is 13.4. The molecule has 4 heterocycles. The van der Waals surface area contributed by atoms with E-state index in [1.807, 2.05) is 37.6 Å². The number of para-hydroxylation sites is 1. The van der Waals surface area contributed by atoms with Gasteiger partial charge in [0.1, 0.15) is 17.8 Å². The first-order chi connectivity index (χ1) is 19.5. The van der Waals surface area contributed by atoms with E-state index in [-0.39, 0.29) is 5.91 Å². The van der Waals surface area contributed by atoms with Gasteiger partial charge >= 0.3 is 0 Å². The molecule has 1 N–H and O–H groups in total. The lowest BCUT2D eigenvalue weighted by molar-refractivity contribution is 0.0545. The lowest BCUT2D eigenvalue weighted by Gasteiger charge is -2.43. The Balaban J connectivity index is 0.00000181. The van der Waals surface area contributed by atoms with E-state index in [1.54, 1.807) is 0 Å². The van der Waals surface area contributed by atoms with E-state index in [9.17, 15) is 4.79 Å². The zero-order valence-corrected chi connectivity index (χ0v) is 26.0. The summed E-state index contributed by atoms with van der Waals surface area (Å²) in [4.78, 5) is 29.5. The summed E-state index contributed by atoms with van der Waals surface area (Å²) >= 11 is 1.83. The molecule has 5 rings (SSSR count). The molecule has 1 unspecified atom stereocenters. The fraction of sp³-hybridized carbons (Fsp3) is 0.645. The largest absolute Gasteiger partial charge is 0.371 e. The zero-order chi connectivity index (χ0) is 28.5. The number of nitrogens with zero attached hydrogens (tertiary/aromatic N) is 6. The molecule has 0 aliphatic carbocycles. The van der Waals surface area contributed by atoms with Crippen LogP contribution in [0.25, 0.3) is 0 Å². The van der Waals surface area contributed by atoms with Gasteiger partial charge in [-0.25, -0.2) is 9.97 Å². The van der Waals surface area contributed by atoms with Crippen molar-refractivity contribution in [1.29, 1.82) is 0 Å². The predicted octanol–water partition coefficient (Wildman–Crippen LogP) is 5.03. The summed E-state index contributed by atoms with van der Waals surface area (Å²) in [5.41, 5.74) is 2.69. The molecule has 0 bridgehead atoms. The highest BCUT2D eigenvalue weighted by Gasteiger charge is 2.32. The zero-order valence-electron chi connectivity index (χ0n) is 25.2. The van der Waals surface area contributed by atoms with Crippen LogP contribution in [0.2, 0.25) is 0 Å². The third kappa shape index (κ3) is 7.47. The van der Waals surface area contributed by atoms with Crippen LogP contribution in [-0.4, -0.2) is 101 Å². The van der Waals surface area contributed by atoms with Crippen molar-refractivity contribution >= 4 is 29.4 Å². The van der Waals surface area contributed by atoms with Crippen molar-refractivity contribution in [3.8, 4) is 0 Å². The molecule has 3 aliphatic rings. The molecule has 0 spiro atoms. The predicted molar refractivity (Wildman–Crippen MR) is 168 cm³/mol. The summed E-state index contributed by atoms with van der Waals surface area (Å²) in [6.45, 7) is 12.9. The number of carbonyl (C=O) groups excluding carboxylic acids is 1.